The van der Waals surface area contributed by atoms with Gasteiger partial charge in [-0.15, -0.1) is 0 Å². The first-order valence-corrected chi connectivity index (χ1v) is 40.3. The molecule has 0 aromatic carbocycles. The second-order valence-electron chi connectivity index (χ2n) is 23.7. The van der Waals surface area contributed by atoms with Gasteiger partial charge in [0.25, 0.3) is 0 Å². The zero-order chi connectivity index (χ0) is 76.7. The van der Waals surface area contributed by atoms with Crippen LogP contribution in [0.15, 0.2) is 25.3 Å². The zero-order valence-corrected chi connectivity index (χ0v) is 61.6. The van der Waals surface area contributed by atoms with Crippen molar-refractivity contribution in [2.24, 2.45) is 16.7 Å². The quantitative estimate of drug-likeness (QED) is 0.0131. The third-order valence-corrected chi connectivity index (χ3v) is 21.2. The number of hydrogen-bond donors (Lipinski definition) is 19. The molecular formula is C47H80N14O33P6S2. The van der Waals surface area contributed by atoms with E-state index < -0.39 is 163 Å². The molecule has 102 heavy (non-hydrogen) atoms. The summed E-state index contributed by atoms with van der Waals surface area (Å²) in [6, 6.07) is 0. The van der Waals surface area contributed by atoms with E-state index >= 15 is 0 Å². The summed E-state index contributed by atoms with van der Waals surface area (Å²) in [7, 11) is -32.7. The number of aliphatic hydroxyl groups is 4. The fourth-order valence-electron chi connectivity index (χ4n) is 8.82. The number of rotatable bonds is 39. The number of amides is 4. The molecule has 6 rings (SSSR count). The SMILES string of the molecule is CC(C)(COP(=O)(O)OP(=O)(O)OC[C@H]1O[C@@H](n2cnc3c(N)ncnc32)[C@H](O)[C@@H]1OP(=O)(O)O)[C@@H](O)C(=O)NCCC(=O)NCCS.CC(C)CC(=O)SCCNC(=O)CCNC(=O)[C@H](O)C(C)(C)COP(=O)(O)OP(=O)(O)OC[C@H]1O[C@@H](n2cnc3c(N)ncnc32)[C@H](O)[C@@H]1OP(=O)(O)O. The number of aliphatic hydroxyl groups excluding tert-OH is 4. The monoisotopic (exact) mass is 1620 g/mol. The minimum absolute atomic E-state index is 0.0104. The van der Waals surface area contributed by atoms with Crippen LogP contribution in [0.25, 0.3) is 22.3 Å². The number of nitrogens with zero attached hydrogens (tertiary/aromatic N) is 8. The Morgan fingerprint density at radius 1 is 0.588 bits per heavy atom. The first kappa shape index (κ1) is 88.1. The first-order valence-electron chi connectivity index (χ1n) is 29.6. The average molecular weight is 1620 g/mol. The lowest BCUT2D eigenvalue weighted by Gasteiger charge is -2.30. The fraction of sp³-hybridized carbons (Fsp3) is 0.681. The molecule has 4 unspecified atom stereocenters. The standard InChI is InChI=1S/C26H44N7O17P3S.C21H36N7O16P3S/c1-14(2)9-17(35)54-8-7-28-16(34)5-6-29-24(38)21(37)26(3,4)11-47-53(44,45)50-52(42,43)46-10-15-20(49-51(39,40)41)19(36)25(48-15)33-13-32-18-22(27)30-12-31-23(18)33;1-21(2,16(31)19(32)24-4-3-12(29)23-5-6-48)8-41-47(38,39)44-46(36,37)40-7-11-15(43-45(33,34)35)14(30)20(42-11)28-10-27-13-17(22)25-9-26-18(13)28/h12-15,19-21,25,36-37H,5-11H2,1-4H3,(H,28,34)(H,29,38)(H,42,43)(H,44,45)(H2,27,30,31)(H2,39,40,41);9-11,14-16,20,30-31,48H,3-8H2,1-2H3,(H,23,29)(H,24,32)(H,36,37)(H,38,39)(H2,22,25,26)(H2,33,34,35)/t15-,19-,20-,21+,25-;11-,14-,15-,16+,20-/m11/s1. The number of ether oxygens (including phenoxy) is 2. The van der Waals surface area contributed by atoms with E-state index in [2.05, 4.69) is 81.5 Å². The van der Waals surface area contributed by atoms with Crippen molar-refractivity contribution in [1.82, 2.24) is 60.3 Å². The van der Waals surface area contributed by atoms with Crippen LogP contribution in [-0.2, 0) is 96.6 Å². The number of imidazole rings is 2. The smallest absolute Gasteiger partial charge is 0.386 e. The van der Waals surface area contributed by atoms with E-state index in [1.807, 2.05) is 13.8 Å². The highest BCUT2D eigenvalue weighted by Crippen LogP contribution is 2.63. The van der Waals surface area contributed by atoms with Crippen molar-refractivity contribution < 1.29 is 156 Å². The fourth-order valence-corrected chi connectivity index (χ4v) is 15.5. The molecule has 0 saturated carbocycles. The third kappa shape index (κ3) is 27.3. The van der Waals surface area contributed by atoms with E-state index in [0.717, 1.165) is 46.2 Å². The van der Waals surface area contributed by atoms with Crippen molar-refractivity contribution in [3.8, 4) is 0 Å². The Hall–Kier alpha value is -4.55. The molecule has 2 saturated heterocycles. The third-order valence-electron chi connectivity index (χ3n) is 13.9. The van der Waals surface area contributed by atoms with Gasteiger partial charge in [0, 0.05) is 67.8 Å². The highest BCUT2D eigenvalue weighted by molar-refractivity contribution is 8.13. The summed E-state index contributed by atoms with van der Waals surface area (Å²) in [5, 5.41) is 52.4. The first-order chi connectivity index (χ1) is 47.1. The summed E-state index contributed by atoms with van der Waals surface area (Å²) >= 11 is 5.05. The summed E-state index contributed by atoms with van der Waals surface area (Å²) in [4.78, 5) is 162. The maximum atomic E-state index is 12.7. The molecule has 0 bridgehead atoms. The number of phosphoric acid groups is 6. The number of nitrogen functional groups attached to an aromatic ring is 2. The molecule has 14 atom stereocenters. The zero-order valence-electron chi connectivity index (χ0n) is 54.6. The average Bonchev–Trinajstić information content (AvgIpc) is 1.62. The van der Waals surface area contributed by atoms with Crippen molar-refractivity contribution in [3.63, 3.8) is 0 Å². The van der Waals surface area contributed by atoms with Crippen LogP contribution in [0, 0.1) is 16.7 Å². The lowest BCUT2D eigenvalue weighted by molar-refractivity contribution is -0.137. The van der Waals surface area contributed by atoms with Crippen LogP contribution in [0.5, 0.6) is 0 Å². The van der Waals surface area contributed by atoms with Gasteiger partial charge >= 0.3 is 46.9 Å². The van der Waals surface area contributed by atoms with E-state index in [0.29, 0.717) is 24.5 Å². The number of hydrogen-bond acceptors (Lipinski definition) is 35. The number of fused-ring (bicyclic) bond motifs is 2. The molecule has 2 aliphatic rings. The van der Waals surface area contributed by atoms with Crippen LogP contribution in [0.2, 0.25) is 0 Å². The Kier molecular flexibility index (Phi) is 32.2. The highest BCUT2D eigenvalue weighted by atomic mass is 32.2. The van der Waals surface area contributed by atoms with Crippen molar-refractivity contribution in [2.75, 3.05) is 75.6 Å². The van der Waals surface area contributed by atoms with E-state index in [-0.39, 0.29) is 83.4 Å². The van der Waals surface area contributed by atoms with Gasteiger partial charge in [-0.05, 0) is 5.92 Å². The second kappa shape index (κ2) is 37.3. The number of carbonyl (C=O) groups excluding carboxylic acids is 5. The lowest BCUT2D eigenvalue weighted by Crippen LogP contribution is -2.46. The van der Waals surface area contributed by atoms with Crippen molar-refractivity contribution in [2.45, 2.75) is 122 Å². The number of nitrogens with one attached hydrogen (secondary N) is 4. The molecule has 4 amide bonds. The van der Waals surface area contributed by atoms with Gasteiger partial charge in [0.2, 0.25) is 23.6 Å². The number of nitrogens with two attached hydrogens (primary N) is 2. The van der Waals surface area contributed by atoms with Crippen molar-refractivity contribution in [3.05, 3.63) is 25.3 Å². The van der Waals surface area contributed by atoms with Gasteiger partial charge in [-0.25, -0.2) is 57.3 Å². The van der Waals surface area contributed by atoms with Gasteiger partial charge in [0.05, 0.1) is 39.1 Å². The molecule has 2 aliphatic heterocycles. The minimum Gasteiger partial charge on any atom is -0.386 e. The molecule has 20 N–H and O–H groups in total. The van der Waals surface area contributed by atoms with Crippen LogP contribution in [0.3, 0.4) is 0 Å². The Morgan fingerprint density at radius 2 is 0.961 bits per heavy atom. The van der Waals surface area contributed by atoms with Crippen molar-refractivity contribution >= 4 is 134 Å². The molecule has 6 heterocycles. The van der Waals surface area contributed by atoms with Gasteiger partial charge in [0.1, 0.15) is 72.5 Å². The summed E-state index contributed by atoms with van der Waals surface area (Å²) < 4.78 is 124. The normalized spacial score (nSPS) is 22.7. The molecule has 55 heteroatoms. The summed E-state index contributed by atoms with van der Waals surface area (Å²) in [5.74, 6) is -1.79. The molecule has 2 fully saturated rings. The van der Waals surface area contributed by atoms with E-state index in [4.69, 9.17) is 39.0 Å². The Balaban J connectivity index is 0.000000370. The van der Waals surface area contributed by atoms with Crippen LogP contribution < -0.4 is 32.7 Å². The van der Waals surface area contributed by atoms with Crippen LogP contribution in [0.4, 0.5) is 11.6 Å². The minimum atomic E-state index is -5.56. The largest absolute Gasteiger partial charge is 0.481 e. The topological polar surface area (TPSA) is 710 Å². The second-order valence-corrected chi connectivity index (χ2v) is 33.8. The number of thioether (sulfide) groups is 1. The number of anilines is 2. The van der Waals surface area contributed by atoms with Gasteiger partial charge < -0.3 is 102 Å². The van der Waals surface area contributed by atoms with E-state index in [1.165, 1.54) is 27.7 Å². The predicted octanol–water partition coefficient (Wildman–Crippen LogP) is -1.95. The number of phosphoric ester groups is 6. The van der Waals surface area contributed by atoms with Gasteiger partial charge in [-0.1, -0.05) is 53.3 Å². The van der Waals surface area contributed by atoms with E-state index in [9.17, 15) is 111 Å². The molecule has 578 valence electrons. The van der Waals surface area contributed by atoms with Crippen molar-refractivity contribution in [1.29, 1.82) is 0 Å². The maximum absolute atomic E-state index is 12.7. The molecule has 0 radical (unpaired) electrons. The Bertz CT molecular complexity index is 3850. The number of thiol groups is 1. The number of carbonyl (C=O) groups is 5. The molecule has 0 spiro atoms. The van der Waals surface area contributed by atoms with Crippen LogP contribution in [-0.4, -0.2) is 240 Å². The molecular weight excluding hydrogens is 1540 g/mol. The summed E-state index contributed by atoms with van der Waals surface area (Å²) in [6.07, 6.45) is -13.2. The molecule has 4 aromatic heterocycles. The predicted molar refractivity (Wildman–Crippen MR) is 350 cm³/mol. The Labute approximate surface area is 587 Å². The summed E-state index contributed by atoms with van der Waals surface area (Å²) in [5.41, 5.74) is 8.56. The van der Waals surface area contributed by atoms with Crippen LogP contribution >= 0.6 is 71.3 Å². The lowest BCUT2D eigenvalue weighted by atomic mass is 9.87. The van der Waals surface area contributed by atoms with Gasteiger partial charge in [0.15, 0.2) is 40.5 Å². The maximum Gasteiger partial charge on any atom is 0.481 e. The van der Waals surface area contributed by atoms with E-state index in [1.54, 1.807) is 0 Å². The van der Waals surface area contributed by atoms with Gasteiger partial charge in [-0.2, -0.15) is 21.3 Å². The molecule has 47 nitrogen and oxygen atoms in total. The molecule has 4 aromatic rings. The highest BCUT2D eigenvalue weighted by Gasteiger charge is 2.52. The molecule has 0 aliphatic carbocycles. The van der Waals surface area contributed by atoms with Gasteiger partial charge in [-0.3, -0.25) is 60.2 Å². The summed E-state index contributed by atoms with van der Waals surface area (Å²) in [6.45, 7) is 5.09. The number of aromatic nitrogens is 8. The Morgan fingerprint density at radius 3 is 1.32 bits per heavy atom. The van der Waals surface area contributed by atoms with Crippen LogP contribution in [0.1, 0.15) is 73.3 Å².